The Balaban J connectivity index is 1.81. The molecule has 0 bridgehead atoms. The smallest absolute Gasteiger partial charge is 0.273 e. The lowest BCUT2D eigenvalue weighted by atomic mass is 10.1. The number of pyridine rings is 1. The van der Waals surface area contributed by atoms with E-state index in [0.717, 1.165) is 37.1 Å². The van der Waals surface area contributed by atoms with Gasteiger partial charge < -0.3 is 10.6 Å². The first-order valence-corrected chi connectivity index (χ1v) is 8.73. The lowest BCUT2D eigenvalue weighted by Gasteiger charge is -2.18. The summed E-state index contributed by atoms with van der Waals surface area (Å²) in [6, 6.07) is 7.49. The van der Waals surface area contributed by atoms with Crippen LogP contribution in [0.2, 0.25) is 0 Å². The molecule has 0 unspecified atom stereocenters. The Bertz CT molecular complexity index is 826. The number of halogens is 2. The third-order valence-electron chi connectivity index (χ3n) is 4.63. The first-order chi connectivity index (χ1) is 12.2. The highest BCUT2D eigenvalue weighted by molar-refractivity contribution is 5.93. The molecule has 1 saturated carbocycles. The molecular weight excluding hydrogens is 336 g/mol. The number of aryl methyl sites for hydroxylation is 2. The SMILES string of the molecule is Cc1ccc(CNc2cc(NC(=O)C3CC3)ncc2C(C)(F)F)cc1C. The van der Waals surface area contributed by atoms with Crippen LogP contribution in [0.5, 0.6) is 0 Å². The Morgan fingerprint density at radius 1 is 1.23 bits per heavy atom. The minimum absolute atomic E-state index is 0.0241. The summed E-state index contributed by atoms with van der Waals surface area (Å²) in [6.45, 7) is 5.29. The predicted octanol–water partition coefficient (Wildman–Crippen LogP) is 4.77. The first-order valence-electron chi connectivity index (χ1n) is 8.73. The Hall–Kier alpha value is -2.50. The number of hydrogen-bond donors (Lipinski definition) is 2. The molecule has 0 spiro atoms. The van der Waals surface area contributed by atoms with Crippen LogP contribution in [0.4, 0.5) is 20.3 Å². The van der Waals surface area contributed by atoms with Crippen molar-refractivity contribution in [2.75, 3.05) is 10.6 Å². The molecule has 4 nitrogen and oxygen atoms in total. The topological polar surface area (TPSA) is 54.0 Å². The average molecular weight is 359 g/mol. The van der Waals surface area contributed by atoms with Gasteiger partial charge in [-0.3, -0.25) is 4.79 Å². The van der Waals surface area contributed by atoms with Gasteiger partial charge in [0.05, 0.1) is 5.56 Å². The minimum Gasteiger partial charge on any atom is -0.380 e. The van der Waals surface area contributed by atoms with E-state index in [-0.39, 0.29) is 28.9 Å². The summed E-state index contributed by atoms with van der Waals surface area (Å²) < 4.78 is 27.8. The van der Waals surface area contributed by atoms with Gasteiger partial charge in [0.2, 0.25) is 5.91 Å². The van der Waals surface area contributed by atoms with Crippen LogP contribution < -0.4 is 10.6 Å². The number of hydrogen-bond acceptors (Lipinski definition) is 3. The molecule has 138 valence electrons. The van der Waals surface area contributed by atoms with Crippen LogP contribution in [0.1, 0.15) is 42.0 Å². The molecule has 1 fully saturated rings. The van der Waals surface area contributed by atoms with Crippen LogP contribution in [0.25, 0.3) is 0 Å². The molecule has 26 heavy (non-hydrogen) atoms. The molecule has 1 aliphatic rings. The van der Waals surface area contributed by atoms with Crippen LogP contribution >= 0.6 is 0 Å². The fourth-order valence-electron chi connectivity index (χ4n) is 2.70. The summed E-state index contributed by atoms with van der Waals surface area (Å²) in [4.78, 5) is 15.9. The lowest BCUT2D eigenvalue weighted by Crippen LogP contribution is -2.17. The second-order valence-corrected chi connectivity index (χ2v) is 7.04. The summed E-state index contributed by atoms with van der Waals surface area (Å²) in [5.74, 6) is -2.82. The van der Waals surface area contributed by atoms with Gasteiger partial charge in [-0.2, -0.15) is 0 Å². The summed E-state index contributed by atoms with van der Waals surface area (Å²) in [5, 5.41) is 5.77. The van der Waals surface area contributed by atoms with Gasteiger partial charge in [-0.15, -0.1) is 0 Å². The summed E-state index contributed by atoms with van der Waals surface area (Å²) in [6.07, 6.45) is 2.87. The molecule has 1 amide bonds. The standard InChI is InChI=1S/C20H23F2N3O/c1-12-4-5-14(8-13(12)2)10-23-17-9-18(25-19(26)15-6-7-15)24-11-16(17)20(3,21)22/h4-5,8-9,11,15H,6-7,10H2,1-3H3,(H2,23,24,25,26). The van der Waals surface area contributed by atoms with Gasteiger partial charge in [-0.1, -0.05) is 18.2 Å². The van der Waals surface area contributed by atoms with Crippen LogP contribution in [0.3, 0.4) is 0 Å². The fraction of sp³-hybridized carbons (Fsp3) is 0.400. The van der Waals surface area contributed by atoms with E-state index in [1.165, 1.54) is 11.6 Å². The lowest BCUT2D eigenvalue weighted by molar-refractivity contribution is -0.117. The minimum atomic E-state index is -3.03. The molecule has 0 atom stereocenters. The largest absolute Gasteiger partial charge is 0.380 e. The van der Waals surface area contributed by atoms with E-state index in [4.69, 9.17) is 0 Å². The quantitative estimate of drug-likeness (QED) is 0.781. The first kappa shape index (κ1) is 18.3. The number of nitrogens with zero attached hydrogens (tertiary/aromatic N) is 1. The number of carbonyl (C=O) groups is 1. The molecule has 6 heteroatoms. The Kier molecular flexibility index (Phi) is 4.94. The van der Waals surface area contributed by atoms with Crippen molar-refractivity contribution in [3.05, 3.63) is 52.7 Å². The summed E-state index contributed by atoms with van der Waals surface area (Å²) in [5.41, 5.74) is 3.42. The zero-order valence-corrected chi connectivity index (χ0v) is 15.2. The van der Waals surface area contributed by atoms with Gasteiger partial charge in [-0.05, 0) is 43.4 Å². The molecule has 0 radical (unpaired) electrons. The zero-order chi connectivity index (χ0) is 18.9. The maximum Gasteiger partial charge on any atom is 0.273 e. The number of benzene rings is 1. The van der Waals surface area contributed by atoms with Gasteiger partial charge in [0, 0.05) is 37.3 Å². The molecular formula is C20H23F2N3O. The maximum absolute atomic E-state index is 13.9. The number of carbonyl (C=O) groups excluding carboxylic acids is 1. The van der Waals surface area contributed by atoms with Gasteiger partial charge in [0.25, 0.3) is 5.92 Å². The van der Waals surface area contributed by atoms with Crippen molar-refractivity contribution in [2.45, 2.75) is 46.1 Å². The van der Waals surface area contributed by atoms with Gasteiger partial charge in [0.1, 0.15) is 5.82 Å². The Labute approximate surface area is 152 Å². The number of amides is 1. The second kappa shape index (κ2) is 7.02. The number of alkyl halides is 2. The third-order valence-corrected chi connectivity index (χ3v) is 4.63. The molecule has 1 aliphatic carbocycles. The van der Waals surface area contributed by atoms with Crippen molar-refractivity contribution in [1.82, 2.24) is 4.98 Å². The van der Waals surface area contributed by atoms with Crippen molar-refractivity contribution in [3.63, 3.8) is 0 Å². The van der Waals surface area contributed by atoms with E-state index >= 15 is 0 Å². The van der Waals surface area contributed by atoms with E-state index in [2.05, 4.69) is 15.6 Å². The van der Waals surface area contributed by atoms with Crippen molar-refractivity contribution >= 4 is 17.4 Å². The van der Waals surface area contributed by atoms with Crippen molar-refractivity contribution in [1.29, 1.82) is 0 Å². The monoisotopic (exact) mass is 359 g/mol. The molecule has 1 aromatic heterocycles. The molecule has 2 aromatic rings. The Morgan fingerprint density at radius 3 is 2.58 bits per heavy atom. The molecule has 1 aromatic carbocycles. The third kappa shape index (κ3) is 4.36. The summed E-state index contributed by atoms with van der Waals surface area (Å²) >= 11 is 0. The zero-order valence-electron chi connectivity index (χ0n) is 15.2. The van der Waals surface area contributed by atoms with Crippen molar-refractivity contribution in [2.24, 2.45) is 5.92 Å². The normalized spacial score (nSPS) is 14.2. The van der Waals surface area contributed by atoms with Crippen LogP contribution in [0.15, 0.2) is 30.5 Å². The van der Waals surface area contributed by atoms with E-state index in [0.29, 0.717) is 6.54 Å². The number of aromatic nitrogens is 1. The van der Waals surface area contributed by atoms with E-state index in [1.54, 1.807) is 0 Å². The highest BCUT2D eigenvalue weighted by Crippen LogP contribution is 2.35. The predicted molar refractivity (Wildman–Crippen MR) is 98.4 cm³/mol. The maximum atomic E-state index is 13.9. The molecule has 1 heterocycles. The second-order valence-electron chi connectivity index (χ2n) is 7.04. The van der Waals surface area contributed by atoms with Gasteiger partial charge >= 0.3 is 0 Å². The van der Waals surface area contributed by atoms with E-state index in [9.17, 15) is 13.6 Å². The molecule has 0 aliphatic heterocycles. The summed E-state index contributed by atoms with van der Waals surface area (Å²) in [7, 11) is 0. The Morgan fingerprint density at radius 2 is 1.96 bits per heavy atom. The number of anilines is 2. The molecule has 2 N–H and O–H groups in total. The van der Waals surface area contributed by atoms with Crippen molar-refractivity contribution < 1.29 is 13.6 Å². The number of rotatable bonds is 6. The van der Waals surface area contributed by atoms with Crippen LogP contribution in [-0.2, 0) is 17.3 Å². The van der Waals surface area contributed by atoms with E-state index < -0.39 is 5.92 Å². The van der Waals surface area contributed by atoms with Crippen molar-refractivity contribution in [3.8, 4) is 0 Å². The highest BCUT2D eigenvalue weighted by atomic mass is 19.3. The van der Waals surface area contributed by atoms with Crippen LogP contribution in [-0.4, -0.2) is 10.9 Å². The van der Waals surface area contributed by atoms with Gasteiger partial charge in [0.15, 0.2) is 0 Å². The number of nitrogens with one attached hydrogen (secondary N) is 2. The highest BCUT2D eigenvalue weighted by Gasteiger charge is 2.31. The van der Waals surface area contributed by atoms with Crippen LogP contribution in [0, 0.1) is 19.8 Å². The fourth-order valence-corrected chi connectivity index (χ4v) is 2.70. The molecule has 3 rings (SSSR count). The van der Waals surface area contributed by atoms with E-state index in [1.807, 2.05) is 32.0 Å². The van der Waals surface area contributed by atoms with Gasteiger partial charge in [-0.25, -0.2) is 13.8 Å². The average Bonchev–Trinajstić information content (AvgIpc) is 3.40. The molecule has 0 saturated heterocycles.